The molecule has 1 fully saturated rings. The number of likely N-dealkylation sites (N-methyl/N-ethyl adjacent to an activating group) is 1. The topological polar surface area (TPSA) is 169 Å². The minimum absolute atomic E-state index is 0.0134. The standard InChI is InChI=1S/C48H86NO11P/c1-6-8-10-11-12-13-14-15-16-17-18-19-20-21-22-23-29-33-48(54)60-42(40-59-61(55,56)58-37-36-49(3,4)5)39-57-47(53)32-28-25-24-27-31-43-44(46(52)38-45(43)51)35-34-41(50)30-26-9-7-2/h15-16,18-19,21-22,34-35,41-46,50-52H,6-14,17,20,23-33,36-40H2,1-5H3/p+1/b16-15-,19-18-,22-21-,35-34+/t41-,42+,43+,44+,45-,46+/m0/s1. The van der Waals surface area contributed by atoms with E-state index in [1.165, 1.54) is 38.5 Å². The third-order valence-corrected chi connectivity index (χ3v) is 11.9. The Labute approximate surface area is 370 Å². The van der Waals surface area contributed by atoms with E-state index >= 15 is 0 Å². The van der Waals surface area contributed by atoms with Crippen molar-refractivity contribution in [2.45, 2.75) is 186 Å². The van der Waals surface area contributed by atoms with Crippen molar-refractivity contribution >= 4 is 19.8 Å². The van der Waals surface area contributed by atoms with Crippen LogP contribution in [0.1, 0.15) is 162 Å². The Balaban J connectivity index is 2.48. The molecular weight excluding hydrogens is 797 g/mol. The Morgan fingerprint density at radius 1 is 0.721 bits per heavy atom. The molecule has 7 atom stereocenters. The molecule has 0 spiro atoms. The summed E-state index contributed by atoms with van der Waals surface area (Å²) in [6.07, 6.45) is 33.8. The van der Waals surface area contributed by atoms with Gasteiger partial charge in [0.25, 0.3) is 0 Å². The zero-order valence-electron chi connectivity index (χ0n) is 38.7. The summed E-state index contributed by atoms with van der Waals surface area (Å²) in [5.74, 6) is -1.28. The Kier molecular flexibility index (Phi) is 32.8. The van der Waals surface area contributed by atoms with Gasteiger partial charge in [-0.2, -0.15) is 0 Å². The van der Waals surface area contributed by atoms with E-state index in [9.17, 15) is 34.4 Å². The summed E-state index contributed by atoms with van der Waals surface area (Å²) in [6, 6.07) is 0. The maximum Gasteiger partial charge on any atom is 0.472 e. The highest BCUT2D eigenvalue weighted by Gasteiger charge is 2.39. The van der Waals surface area contributed by atoms with Crippen molar-refractivity contribution in [2.24, 2.45) is 11.8 Å². The molecule has 4 N–H and O–H groups in total. The molecule has 0 aromatic rings. The van der Waals surface area contributed by atoms with Crippen LogP contribution in [0.4, 0.5) is 0 Å². The third kappa shape index (κ3) is 32.2. The number of hydrogen-bond acceptors (Lipinski definition) is 10. The van der Waals surface area contributed by atoms with Crippen molar-refractivity contribution in [2.75, 3.05) is 47.5 Å². The van der Waals surface area contributed by atoms with E-state index < -0.39 is 50.8 Å². The van der Waals surface area contributed by atoms with Gasteiger partial charge in [0.15, 0.2) is 6.10 Å². The third-order valence-electron chi connectivity index (χ3n) is 10.9. The smallest absolute Gasteiger partial charge is 0.462 e. The van der Waals surface area contributed by atoms with E-state index in [1.54, 1.807) is 6.08 Å². The van der Waals surface area contributed by atoms with Crippen LogP contribution >= 0.6 is 7.82 Å². The van der Waals surface area contributed by atoms with Crippen molar-refractivity contribution in [1.82, 2.24) is 0 Å². The minimum atomic E-state index is -4.45. The summed E-state index contributed by atoms with van der Waals surface area (Å²) < 4.78 is 34.3. The zero-order chi connectivity index (χ0) is 45.2. The predicted octanol–water partition coefficient (Wildman–Crippen LogP) is 9.85. The maximum atomic E-state index is 12.7. The number of aliphatic hydroxyl groups is 3. The van der Waals surface area contributed by atoms with E-state index in [1.807, 2.05) is 33.3 Å². The Morgan fingerprint density at radius 2 is 1.31 bits per heavy atom. The number of rotatable bonds is 38. The minimum Gasteiger partial charge on any atom is -0.462 e. The van der Waals surface area contributed by atoms with Crippen LogP contribution in [0, 0.1) is 11.8 Å². The first-order valence-electron chi connectivity index (χ1n) is 23.6. The monoisotopic (exact) mass is 885 g/mol. The lowest BCUT2D eigenvalue weighted by Gasteiger charge is -2.24. The van der Waals surface area contributed by atoms with Crippen molar-refractivity contribution < 1.29 is 57.4 Å². The van der Waals surface area contributed by atoms with Crippen LogP contribution in [0.3, 0.4) is 0 Å². The molecule has 61 heavy (non-hydrogen) atoms. The molecule has 0 aromatic carbocycles. The molecule has 1 aliphatic carbocycles. The predicted molar refractivity (Wildman–Crippen MR) is 245 cm³/mol. The number of nitrogens with zero attached hydrogens (tertiary/aromatic N) is 1. The summed E-state index contributed by atoms with van der Waals surface area (Å²) in [4.78, 5) is 35.6. The molecule has 0 amide bonds. The number of unbranched alkanes of at least 4 members (excludes halogenated alkanes) is 12. The lowest BCUT2D eigenvalue weighted by molar-refractivity contribution is -0.870. The Morgan fingerprint density at radius 3 is 2.00 bits per heavy atom. The number of ether oxygens (including phenoxy) is 2. The van der Waals surface area contributed by atoms with Gasteiger partial charge in [-0.05, 0) is 63.7 Å². The van der Waals surface area contributed by atoms with E-state index in [0.29, 0.717) is 43.1 Å². The summed E-state index contributed by atoms with van der Waals surface area (Å²) in [7, 11) is 1.32. The van der Waals surface area contributed by atoms with Crippen LogP contribution in [0.2, 0.25) is 0 Å². The number of aliphatic hydroxyl groups excluding tert-OH is 3. The van der Waals surface area contributed by atoms with Gasteiger partial charge in [0, 0.05) is 25.2 Å². The van der Waals surface area contributed by atoms with Crippen molar-refractivity contribution in [3.8, 4) is 0 Å². The van der Waals surface area contributed by atoms with Gasteiger partial charge in [0.05, 0.1) is 46.1 Å². The Bertz CT molecular complexity index is 1300. The normalized spacial score (nSPS) is 20.6. The molecule has 354 valence electrons. The number of phosphoric acid groups is 1. The fourth-order valence-electron chi connectivity index (χ4n) is 7.18. The first-order valence-corrected chi connectivity index (χ1v) is 25.1. The van der Waals surface area contributed by atoms with Crippen LogP contribution in [-0.2, 0) is 32.7 Å². The molecule has 0 radical (unpaired) electrons. The quantitative estimate of drug-likeness (QED) is 0.0153. The number of allylic oxidation sites excluding steroid dienone is 6. The van der Waals surface area contributed by atoms with Gasteiger partial charge in [-0.3, -0.25) is 18.6 Å². The second-order valence-electron chi connectivity index (χ2n) is 17.8. The van der Waals surface area contributed by atoms with Crippen LogP contribution in [0.25, 0.3) is 0 Å². The van der Waals surface area contributed by atoms with Gasteiger partial charge < -0.3 is 34.2 Å². The first kappa shape index (κ1) is 56.9. The number of quaternary nitrogens is 1. The van der Waals surface area contributed by atoms with E-state index in [-0.39, 0.29) is 37.9 Å². The molecule has 1 unspecified atom stereocenters. The van der Waals surface area contributed by atoms with Crippen molar-refractivity contribution in [1.29, 1.82) is 0 Å². The molecule has 0 saturated heterocycles. The van der Waals surface area contributed by atoms with Gasteiger partial charge in [0.1, 0.15) is 19.8 Å². The van der Waals surface area contributed by atoms with E-state index in [4.69, 9.17) is 18.5 Å². The van der Waals surface area contributed by atoms with E-state index in [0.717, 1.165) is 64.2 Å². The number of carbonyl (C=O) groups is 2. The fourth-order valence-corrected chi connectivity index (χ4v) is 7.93. The summed E-state index contributed by atoms with van der Waals surface area (Å²) >= 11 is 0. The molecule has 0 aliphatic heterocycles. The molecule has 1 saturated carbocycles. The second-order valence-corrected chi connectivity index (χ2v) is 19.2. The molecule has 0 heterocycles. The molecular formula is C48H87NO11P+. The molecule has 0 aromatic heterocycles. The molecule has 1 rings (SSSR count). The largest absolute Gasteiger partial charge is 0.472 e. The average Bonchev–Trinajstić information content (AvgIpc) is 3.47. The van der Waals surface area contributed by atoms with Crippen molar-refractivity contribution in [3.63, 3.8) is 0 Å². The molecule has 12 nitrogen and oxygen atoms in total. The van der Waals surface area contributed by atoms with Crippen LogP contribution in [0.15, 0.2) is 48.6 Å². The van der Waals surface area contributed by atoms with Crippen LogP contribution in [-0.4, -0.2) is 109 Å². The molecule has 0 bridgehead atoms. The first-order chi connectivity index (χ1) is 29.2. The lowest BCUT2D eigenvalue weighted by Crippen LogP contribution is -2.37. The summed E-state index contributed by atoms with van der Waals surface area (Å²) in [5.41, 5.74) is 0. The molecule has 1 aliphatic rings. The second kappa shape index (κ2) is 35.2. The van der Waals surface area contributed by atoms with Gasteiger partial charge in [-0.25, -0.2) is 4.57 Å². The number of carbonyl (C=O) groups excluding carboxylic acids is 2. The maximum absolute atomic E-state index is 12.7. The number of phosphoric ester groups is 1. The van der Waals surface area contributed by atoms with Crippen LogP contribution < -0.4 is 0 Å². The van der Waals surface area contributed by atoms with Gasteiger partial charge in [0.2, 0.25) is 0 Å². The number of esters is 2. The highest BCUT2D eigenvalue weighted by molar-refractivity contribution is 7.47. The van der Waals surface area contributed by atoms with Crippen molar-refractivity contribution in [3.05, 3.63) is 48.6 Å². The SMILES string of the molecule is CCCCCCCC/C=C\C/C=C\C/C=C\CCCC(=O)O[C@H](COC(=O)CCCCCC[C@@H]1[C@@H](/C=C/[C@@H](O)CCCCC)[C@H](O)C[C@@H]1O)COP(=O)(O)OCC[N+](C)(C)C. The lowest BCUT2D eigenvalue weighted by atomic mass is 9.88. The molecule has 13 heteroatoms. The highest BCUT2D eigenvalue weighted by atomic mass is 31.2. The van der Waals surface area contributed by atoms with Crippen LogP contribution in [0.5, 0.6) is 0 Å². The highest BCUT2D eigenvalue weighted by Crippen LogP contribution is 2.43. The van der Waals surface area contributed by atoms with Gasteiger partial charge >= 0.3 is 19.8 Å². The van der Waals surface area contributed by atoms with E-state index in [2.05, 4.69) is 44.2 Å². The summed E-state index contributed by atoms with van der Waals surface area (Å²) in [6.45, 7) is 4.01. The number of hydrogen-bond donors (Lipinski definition) is 4. The zero-order valence-corrected chi connectivity index (χ0v) is 39.6. The fraction of sp³-hybridized carbons (Fsp3) is 0.792. The average molecular weight is 885 g/mol. The van der Waals surface area contributed by atoms with Gasteiger partial charge in [-0.1, -0.05) is 133 Å². The van der Waals surface area contributed by atoms with Gasteiger partial charge in [-0.15, -0.1) is 0 Å². The summed E-state index contributed by atoms with van der Waals surface area (Å²) in [5, 5.41) is 31.4. The Hall–Kier alpha value is -2.15.